The van der Waals surface area contributed by atoms with Crippen molar-refractivity contribution in [3.05, 3.63) is 84.5 Å². The number of ether oxygens (including phenoxy) is 4. The van der Waals surface area contributed by atoms with Crippen LogP contribution in [0.2, 0.25) is 0 Å². The van der Waals surface area contributed by atoms with Crippen LogP contribution >= 0.6 is 11.3 Å². The van der Waals surface area contributed by atoms with Crippen molar-refractivity contribution >= 4 is 29.4 Å². The molecule has 0 amide bonds. The molecule has 0 spiro atoms. The summed E-state index contributed by atoms with van der Waals surface area (Å²) in [5, 5.41) is 0. The second kappa shape index (κ2) is 12.1. The summed E-state index contributed by atoms with van der Waals surface area (Å²) in [5.74, 6) is 0.209. The fourth-order valence-corrected chi connectivity index (χ4v) is 5.28. The van der Waals surface area contributed by atoms with Crippen molar-refractivity contribution in [3.8, 4) is 17.2 Å². The van der Waals surface area contributed by atoms with Crippen molar-refractivity contribution in [3.63, 3.8) is 0 Å². The van der Waals surface area contributed by atoms with E-state index in [4.69, 9.17) is 18.9 Å². The zero-order valence-corrected chi connectivity index (χ0v) is 23.3. The van der Waals surface area contributed by atoms with Gasteiger partial charge in [0, 0.05) is 6.92 Å². The van der Waals surface area contributed by atoms with Gasteiger partial charge in [0.15, 0.2) is 16.3 Å². The van der Waals surface area contributed by atoms with Crippen LogP contribution in [0, 0.1) is 0 Å². The smallest absolute Gasteiger partial charge is 0.338 e. The van der Waals surface area contributed by atoms with Crippen LogP contribution in [-0.4, -0.2) is 36.8 Å². The van der Waals surface area contributed by atoms with E-state index in [1.807, 2.05) is 31.2 Å². The molecule has 0 aliphatic carbocycles. The largest absolute Gasteiger partial charge is 0.494 e. The number of rotatable bonds is 9. The van der Waals surface area contributed by atoms with Gasteiger partial charge >= 0.3 is 11.9 Å². The zero-order chi connectivity index (χ0) is 28.1. The van der Waals surface area contributed by atoms with Crippen LogP contribution in [0.4, 0.5) is 0 Å². The van der Waals surface area contributed by atoms with Gasteiger partial charge in [-0.2, -0.15) is 0 Å². The number of carbonyl (C=O) groups is 2. The number of hydrogen-bond donors (Lipinski definition) is 0. The van der Waals surface area contributed by atoms with Crippen LogP contribution in [0.5, 0.6) is 17.2 Å². The van der Waals surface area contributed by atoms with Crippen molar-refractivity contribution in [1.82, 2.24) is 4.57 Å². The molecule has 0 fully saturated rings. The summed E-state index contributed by atoms with van der Waals surface area (Å²) in [7, 11) is 1.45. The molecule has 2 heterocycles. The van der Waals surface area contributed by atoms with Gasteiger partial charge in [-0.25, -0.2) is 9.79 Å². The lowest BCUT2D eigenvalue weighted by Gasteiger charge is -2.25. The molecule has 1 aliphatic rings. The van der Waals surface area contributed by atoms with Gasteiger partial charge in [-0.1, -0.05) is 36.5 Å². The fourth-order valence-electron chi connectivity index (χ4n) is 4.23. The van der Waals surface area contributed by atoms with E-state index in [9.17, 15) is 14.4 Å². The van der Waals surface area contributed by atoms with Crippen LogP contribution in [0.3, 0.4) is 0 Å². The Labute approximate surface area is 229 Å². The molecule has 0 saturated heterocycles. The Kier molecular flexibility index (Phi) is 8.65. The summed E-state index contributed by atoms with van der Waals surface area (Å²) < 4.78 is 23.6. The number of aromatic nitrogens is 1. The van der Waals surface area contributed by atoms with Crippen LogP contribution < -0.4 is 29.1 Å². The van der Waals surface area contributed by atoms with Crippen molar-refractivity contribution in [2.45, 2.75) is 40.2 Å². The molecule has 0 radical (unpaired) electrons. The van der Waals surface area contributed by atoms with E-state index in [0.717, 1.165) is 17.7 Å². The molecule has 9 nitrogen and oxygen atoms in total. The van der Waals surface area contributed by atoms with E-state index in [-0.39, 0.29) is 29.2 Å². The summed E-state index contributed by atoms with van der Waals surface area (Å²) in [4.78, 5) is 43.5. The average Bonchev–Trinajstić information content (AvgIpc) is 3.21. The lowest BCUT2D eigenvalue weighted by atomic mass is 9.95. The van der Waals surface area contributed by atoms with Crippen LogP contribution in [0.1, 0.15) is 51.3 Å². The first-order valence-electron chi connectivity index (χ1n) is 12.6. The zero-order valence-electron chi connectivity index (χ0n) is 22.5. The molecule has 0 unspecified atom stereocenters. The highest BCUT2D eigenvalue weighted by atomic mass is 32.1. The maximum atomic E-state index is 13.8. The third-order valence-corrected chi connectivity index (χ3v) is 6.91. The molecule has 4 rings (SSSR count). The summed E-state index contributed by atoms with van der Waals surface area (Å²) in [6, 6.07) is 11.6. The highest BCUT2D eigenvalue weighted by Gasteiger charge is 2.34. The summed E-state index contributed by atoms with van der Waals surface area (Å²) >= 11 is 1.24. The van der Waals surface area contributed by atoms with E-state index in [1.165, 1.54) is 29.9 Å². The molecule has 2 aromatic carbocycles. The molecular weight excluding hydrogens is 520 g/mol. The lowest BCUT2D eigenvalue weighted by molar-refractivity contribution is -0.139. The molecule has 0 N–H and O–H groups in total. The predicted octanol–water partition coefficient (Wildman–Crippen LogP) is 3.52. The van der Waals surface area contributed by atoms with Crippen molar-refractivity contribution in [1.29, 1.82) is 0 Å². The average molecular weight is 551 g/mol. The topological polar surface area (TPSA) is 105 Å². The monoisotopic (exact) mass is 550 g/mol. The molecule has 3 aromatic rings. The van der Waals surface area contributed by atoms with Gasteiger partial charge in [-0.3, -0.25) is 14.2 Å². The molecule has 0 saturated carbocycles. The predicted molar refractivity (Wildman–Crippen MR) is 147 cm³/mol. The first-order valence-corrected chi connectivity index (χ1v) is 13.4. The van der Waals surface area contributed by atoms with Crippen molar-refractivity contribution < 1.29 is 28.5 Å². The first kappa shape index (κ1) is 27.8. The Bertz CT molecular complexity index is 1600. The number of allylic oxidation sites excluding steroid dienone is 1. The SMILES string of the molecule is CCCOc1ccc(/C=c2/sc3n(c2=O)[C@@H](c2ccc(OC(C)=O)c(OC)c2)C(C(=O)OCC)=C(C)N=3)cc1. The quantitative estimate of drug-likeness (QED) is 0.297. The third kappa shape index (κ3) is 5.96. The highest BCUT2D eigenvalue weighted by Crippen LogP contribution is 2.36. The second-order valence-corrected chi connectivity index (χ2v) is 9.73. The van der Waals surface area contributed by atoms with Gasteiger partial charge in [-0.05, 0) is 61.7 Å². The number of nitrogens with zero attached hydrogens (tertiary/aromatic N) is 2. The number of carbonyl (C=O) groups excluding carboxylic acids is 2. The standard InChI is InChI=1S/C29H30N2O7S/c1-6-14-37-21-11-8-19(9-12-21)15-24-27(33)31-26(20-10-13-22(38-18(4)32)23(16-20)35-5)25(28(34)36-7-2)17(3)30-29(31)39-24/h8-13,15-16,26H,6-7,14H2,1-5H3/b24-15+/t26-/m0/s1. The molecule has 10 heteroatoms. The summed E-state index contributed by atoms with van der Waals surface area (Å²) in [6.45, 7) is 7.57. The highest BCUT2D eigenvalue weighted by molar-refractivity contribution is 7.07. The minimum atomic E-state index is -0.826. The Balaban J connectivity index is 1.86. The Morgan fingerprint density at radius 2 is 1.85 bits per heavy atom. The van der Waals surface area contributed by atoms with Gasteiger partial charge in [-0.15, -0.1) is 0 Å². The number of hydrogen-bond acceptors (Lipinski definition) is 9. The fraction of sp³-hybridized carbons (Fsp3) is 0.310. The van der Waals surface area contributed by atoms with Gasteiger partial charge < -0.3 is 18.9 Å². The van der Waals surface area contributed by atoms with E-state index in [1.54, 1.807) is 38.1 Å². The Hall–Kier alpha value is -4.18. The Morgan fingerprint density at radius 1 is 1.10 bits per heavy atom. The molecular formula is C29H30N2O7S. The Morgan fingerprint density at radius 3 is 2.49 bits per heavy atom. The van der Waals surface area contributed by atoms with E-state index < -0.39 is 18.0 Å². The summed E-state index contributed by atoms with van der Waals surface area (Å²) in [6.07, 6.45) is 2.70. The lowest BCUT2D eigenvalue weighted by Crippen LogP contribution is -2.40. The van der Waals surface area contributed by atoms with E-state index in [2.05, 4.69) is 4.99 Å². The molecule has 0 bridgehead atoms. The van der Waals surface area contributed by atoms with Crippen LogP contribution in [0.15, 0.2) is 63.5 Å². The van der Waals surface area contributed by atoms with Crippen molar-refractivity contribution in [2.75, 3.05) is 20.3 Å². The molecule has 1 aromatic heterocycles. The van der Waals surface area contributed by atoms with Crippen LogP contribution in [-0.2, 0) is 14.3 Å². The van der Waals surface area contributed by atoms with E-state index >= 15 is 0 Å². The second-order valence-electron chi connectivity index (χ2n) is 8.72. The van der Waals surface area contributed by atoms with Gasteiger partial charge in [0.2, 0.25) is 0 Å². The number of benzene rings is 2. The normalized spacial score (nSPS) is 14.9. The third-order valence-electron chi connectivity index (χ3n) is 5.92. The van der Waals surface area contributed by atoms with E-state index in [0.29, 0.717) is 27.2 Å². The van der Waals surface area contributed by atoms with Crippen LogP contribution in [0.25, 0.3) is 6.08 Å². The van der Waals surface area contributed by atoms with Gasteiger partial charge in [0.25, 0.3) is 5.56 Å². The number of thiazole rings is 1. The minimum absolute atomic E-state index is 0.166. The summed E-state index contributed by atoms with van der Waals surface area (Å²) in [5.41, 5.74) is 1.80. The molecule has 1 atom stereocenters. The minimum Gasteiger partial charge on any atom is -0.494 e. The maximum absolute atomic E-state index is 13.8. The maximum Gasteiger partial charge on any atom is 0.338 e. The van der Waals surface area contributed by atoms with Gasteiger partial charge in [0.05, 0.1) is 42.2 Å². The number of methoxy groups -OCH3 is 1. The number of fused-ring (bicyclic) bond motifs is 1. The van der Waals surface area contributed by atoms with Gasteiger partial charge in [0.1, 0.15) is 5.75 Å². The molecule has 39 heavy (non-hydrogen) atoms. The van der Waals surface area contributed by atoms with Crippen molar-refractivity contribution in [2.24, 2.45) is 4.99 Å². The number of esters is 2. The first-order chi connectivity index (χ1) is 18.8. The molecule has 204 valence electrons. The molecule has 1 aliphatic heterocycles.